The maximum atomic E-state index is 7.58. The predicted octanol–water partition coefficient (Wildman–Crippen LogP) is 0.927. The minimum absolute atomic E-state index is 0.0181. The van der Waals surface area contributed by atoms with Crippen molar-refractivity contribution >= 4 is 23.5 Å². The van der Waals surface area contributed by atoms with Crippen molar-refractivity contribution in [2.45, 2.75) is 19.9 Å². The molecule has 66 valence electrons. The molecule has 0 unspecified atom stereocenters. The van der Waals surface area contributed by atoms with Crippen LogP contribution in [0.5, 0.6) is 0 Å². The molecule has 1 aromatic rings. The molecule has 0 spiro atoms. The zero-order valence-electron chi connectivity index (χ0n) is 9.69. The molecular formula is C6H10ClN5. The Kier molecular flexibility index (Phi) is 1.63. The van der Waals surface area contributed by atoms with Crippen LogP contribution >= 0.6 is 11.6 Å². The molecule has 1 heterocycles. The first-order valence-corrected chi connectivity index (χ1v) is 3.77. The lowest BCUT2D eigenvalue weighted by molar-refractivity contribution is 0.869. The monoisotopic (exact) mass is 190 g/mol. The largest absolute Gasteiger partial charge is 0.368 e. The van der Waals surface area contributed by atoms with Crippen LogP contribution in [0.3, 0.4) is 0 Å². The zero-order valence-corrected chi connectivity index (χ0v) is 7.45. The molecule has 0 amide bonds. The van der Waals surface area contributed by atoms with Gasteiger partial charge >= 0.3 is 0 Å². The van der Waals surface area contributed by atoms with Crippen molar-refractivity contribution < 1.29 is 4.24 Å². The van der Waals surface area contributed by atoms with E-state index in [0.717, 1.165) is 5.31 Å². The summed E-state index contributed by atoms with van der Waals surface area (Å²) >= 11 is 5.58. The number of nitrogens with zero attached hydrogens (tertiary/aromatic N) is 3. The molecule has 0 aliphatic rings. The fraction of sp³-hybridized carbons (Fsp3) is 0.500. The second-order valence-corrected chi connectivity index (χ2v) is 2.77. The van der Waals surface area contributed by atoms with Gasteiger partial charge in [-0.15, -0.1) is 0 Å². The van der Waals surface area contributed by atoms with Gasteiger partial charge in [0.1, 0.15) is 0 Å². The Morgan fingerprint density at radius 1 is 1.58 bits per heavy atom. The molecule has 0 aliphatic carbocycles. The maximum absolute atomic E-state index is 7.58. The summed E-state index contributed by atoms with van der Waals surface area (Å²) in [4.78, 5) is 11.0. The molecule has 5 nitrogen and oxygen atoms in total. The van der Waals surface area contributed by atoms with E-state index in [9.17, 15) is 0 Å². The normalized spacial score (nSPS) is 13.5. The molecule has 3 N–H and O–H groups in total. The lowest BCUT2D eigenvalue weighted by Gasteiger charge is -2.07. The summed E-state index contributed by atoms with van der Waals surface area (Å²) in [5.74, 6) is -0.201. The Hall–Kier alpha value is -1.10. The molecule has 0 radical (unpaired) electrons. The summed E-state index contributed by atoms with van der Waals surface area (Å²) in [6, 6.07) is -0.138. The van der Waals surface area contributed by atoms with Gasteiger partial charge in [-0.25, -0.2) is 0 Å². The number of rotatable bonds is 3. The molecule has 0 aliphatic heterocycles. The topological polar surface area (TPSA) is 76.7 Å². The highest BCUT2D eigenvalue weighted by atomic mass is 35.5. The highest BCUT2D eigenvalue weighted by Crippen LogP contribution is 2.07. The van der Waals surface area contributed by atoms with Gasteiger partial charge in [0.05, 0.1) is 0 Å². The van der Waals surface area contributed by atoms with Crippen LogP contribution < -0.4 is 11.0 Å². The van der Waals surface area contributed by atoms with Crippen LogP contribution in [0.1, 0.15) is 13.8 Å². The quantitative estimate of drug-likeness (QED) is 0.742. The van der Waals surface area contributed by atoms with Crippen LogP contribution in [-0.4, -0.2) is 21.0 Å². The molecule has 0 fully saturated rings. The summed E-state index contributed by atoms with van der Waals surface area (Å²) in [5.41, 5.74) is 0.214. The smallest absolute Gasteiger partial charge is 0.228 e. The Balaban J connectivity index is 3.09. The van der Waals surface area contributed by atoms with E-state index < -0.39 is 0 Å². The Morgan fingerprint density at radius 3 is 2.92 bits per heavy atom. The van der Waals surface area contributed by atoms with Gasteiger partial charge in [-0.05, 0) is 25.4 Å². The van der Waals surface area contributed by atoms with E-state index in [1.165, 1.54) is 0 Å². The van der Waals surface area contributed by atoms with Gasteiger partial charge in [0.25, 0.3) is 0 Å². The van der Waals surface area contributed by atoms with Crippen molar-refractivity contribution in [1.29, 1.82) is 0 Å². The number of nitrogen functional groups attached to an aromatic ring is 1. The van der Waals surface area contributed by atoms with E-state index in [1.807, 2.05) is 0 Å². The van der Waals surface area contributed by atoms with Gasteiger partial charge < -0.3 is 11.0 Å². The summed E-state index contributed by atoms with van der Waals surface area (Å²) in [6.07, 6.45) is 0. The maximum Gasteiger partial charge on any atom is 0.228 e. The number of anilines is 2. The molecule has 12 heavy (non-hydrogen) atoms. The minimum Gasteiger partial charge on any atom is -0.368 e. The molecule has 0 saturated carbocycles. The molecular weight excluding hydrogens is 178 g/mol. The van der Waals surface area contributed by atoms with Crippen molar-refractivity contribution in [2.24, 2.45) is 0 Å². The third kappa shape index (κ3) is 2.50. The van der Waals surface area contributed by atoms with Crippen molar-refractivity contribution in [3.8, 4) is 0 Å². The first kappa shape index (κ1) is 5.53. The third-order valence-corrected chi connectivity index (χ3v) is 1.13. The van der Waals surface area contributed by atoms with E-state index in [2.05, 4.69) is 15.0 Å². The fourth-order valence-electron chi connectivity index (χ4n) is 0.618. The van der Waals surface area contributed by atoms with E-state index in [-0.39, 0.29) is 28.9 Å². The number of aromatic nitrogens is 3. The SMILES string of the molecule is [2H]N([2H])c1nc(Cl)nc(N([2H])C(C)C)n1. The van der Waals surface area contributed by atoms with Gasteiger partial charge in [0, 0.05) is 6.04 Å². The van der Waals surface area contributed by atoms with Crippen LogP contribution in [0.15, 0.2) is 0 Å². The number of nitrogens with two attached hydrogens (primary N) is 1. The highest BCUT2D eigenvalue weighted by molar-refractivity contribution is 6.28. The van der Waals surface area contributed by atoms with E-state index in [0.29, 0.717) is 0 Å². The first-order chi connectivity index (χ1) is 6.91. The molecule has 0 aromatic carbocycles. The summed E-state index contributed by atoms with van der Waals surface area (Å²) in [5, 5.41) is 0.887. The van der Waals surface area contributed by atoms with Crippen LogP contribution in [0.25, 0.3) is 0 Å². The van der Waals surface area contributed by atoms with Crippen LogP contribution in [0.4, 0.5) is 11.9 Å². The first-order valence-electron chi connectivity index (χ1n) is 4.73. The fourth-order valence-corrected chi connectivity index (χ4v) is 0.769. The van der Waals surface area contributed by atoms with Crippen molar-refractivity contribution in [3.05, 3.63) is 5.28 Å². The summed E-state index contributed by atoms with van der Waals surface area (Å²) in [7, 11) is 0. The van der Waals surface area contributed by atoms with E-state index in [1.54, 1.807) is 13.8 Å². The van der Waals surface area contributed by atoms with Crippen molar-refractivity contribution in [2.75, 3.05) is 11.0 Å². The zero-order chi connectivity index (χ0) is 11.6. The minimum atomic E-state index is -0.220. The lowest BCUT2D eigenvalue weighted by Crippen LogP contribution is -2.13. The van der Waals surface area contributed by atoms with E-state index in [4.69, 9.17) is 15.8 Å². The molecule has 1 rings (SSSR count). The van der Waals surface area contributed by atoms with Crippen LogP contribution in [0.2, 0.25) is 9.52 Å². The van der Waals surface area contributed by atoms with Crippen LogP contribution in [-0.2, 0) is 0 Å². The lowest BCUT2D eigenvalue weighted by atomic mass is 10.4. The average molecular weight is 191 g/mol. The van der Waals surface area contributed by atoms with Crippen molar-refractivity contribution in [1.82, 2.24) is 15.0 Å². The highest BCUT2D eigenvalue weighted by Gasteiger charge is 2.02. The standard InChI is InChI=1S/C6H10ClN5/c1-3(2)9-6-11-4(7)10-5(8)12-6/h3H,1-2H3,(H3,8,9,10,11,12)/i/hD3. The number of halogens is 1. The molecule has 0 bridgehead atoms. The second-order valence-electron chi connectivity index (χ2n) is 2.43. The third-order valence-electron chi connectivity index (χ3n) is 0.958. The Labute approximate surface area is 79.8 Å². The van der Waals surface area contributed by atoms with Crippen LogP contribution in [0, 0.1) is 0 Å². The molecule has 1 aromatic heterocycles. The Bertz CT molecular complexity index is 348. The average Bonchev–Trinajstić information content (AvgIpc) is 2.15. The predicted molar refractivity (Wildman–Crippen MR) is 48.0 cm³/mol. The molecule has 0 saturated heterocycles. The molecule has 6 heteroatoms. The Morgan fingerprint density at radius 2 is 2.33 bits per heavy atom. The van der Waals surface area contributed by atoms with E-state index >= 15 is 0 Å². The number of nitrogens with one attached hydrogen (secondary N) is 1. The summed E-state index contributed by atoms with van der Waals surface area (Å²) < 4.78 is 21.5. The molecule has 0 atom stereocenters. The van der Waals surface area contributed by atoms with Gasteiger partial charge in [0.15, 0.2) is 4.24 Å². The van der Waals surface area contributed by atoms with Gasteiger partial charge in [0.2, 0.25) is 17.2 Å². The van der Waals surface area contributed by atoms with Crippen molar-refractivity contribution in [3.63, 3.8) is 0 Å². The number of hydrogen-bond acceptors (Lipinski definition) is 5. The second kappa shape index (κ2) is 3.53. The summed E-state index contributed by atoms with van der Waals surface area (Å²) in [6.45, 7) is 3.56. The van der Waals surface area contributed by atoms with Gasteiger partial charge in [-0.3, -0.25) is 0 Å². The number of hydrogen-bond donors (Lipinski definition) is 2. The van der Waals surface area contributed by atoms with Gasteiger partial charge in [-0.1, -0.05) is 0 Å². The van der Waals surface area contributed by atoms with Gasteiger partial charge in [-0.2, -0.15) is 15.0 Å².